The maximum Gasteiger partial charge on any atom is 0.407 e. The number of amides is 1. The first kappa shape index (κ1) is 11.2. The average molecular weight is 209 g/mol. The van der Waals surface area contributed by atoms with Gasteiger partial charge in [-0.15, -0.1) is 0 Å². The maximum atomic E-state index is 12.5. The molecule has 0 unspecified atom stereocenters. The van der Waals surface area contributed by atoms with Gasteiger partial charge in [0.15, 0.2) is 0 Å². The minimum Gasteiger partial charge on any atom is -0.453 e. The molecule has 1 rings (SSSR count). The van der Waals surface area contributed by atoms with Gasteiger partial charge < -0.3 is 10.1 Å². The lowest BCUT2D eigenvalue weighted by Crippen LogP contribution is -2.24. The van der Waals surface area contributed by atoms with Gasteiger partial charge in [0.1, 0.15) is 0 Å². The second-order valence-corrected chi connectivity index (χ2v) is 2.85. The highest BCUT2D eigenvalue weighted by molar-refractivity contribution is 5.73. The van der Waals surface area contributed by atoms with Crippen LogP contribution >= 0.6 is 0 Å². The number of carbonyl (C=O) groups is 1. The number of methoxy groups -OCH3 is 1. The summed E-state index contributed by atoms with van der Waals surface area (Å²) in [6, 6.07) is 8.98. The second kappa shape index (κ2) is 5.80. The number of rotatable bonds is 3. The van der Waals surface area contributed by atoms with Crippen molar-refractivity contribution in [2.24, 2.45) is 0 Å². The zero-order valence-electron chi connectivity index (χ0n) is 8.37. The molecule has 1 aromatic rings. The van der Waals surface area contributed by atoms with Crippen LogP contribution in [0.5, 0.6) is 0 Å². The molecule has 80 valence electrons. The Balaban J connectivity index is 2.63. The summed E-state index contributed by atoms with van der Waals surface area (Å²) in [4.78, 5) is 10.8. The van der Waals surface area contributed by atoms with Crippen molar-refractivity contribution in [1.82, 2.24) is 5.32 Å². The summed E-state index contributed by atoms with van der Waals surface area (Å²) in [5.41, 5.74) is 1.14. The van der Waals surface area contributed by atoms with Crippen LogP contribution in [-0.2, 0) is 4.74 Å². The van der Waals surface area contributed by atoms with Crippen molar-refractivity contribution < 1.29 is 13.9 Å². The van der Waals surface area contributed by atoms with Crippen LogP contribution in [0.1, 0.15) is 5.56 Å². The summed E-state index contributed by atoms with van der Waals surface area (Å²) in [5.74, 6) is 0. The molecule has 1 amide bonds. The predicted molar refractivity (Wildman–Crippen MR) is 55.9 cm³/mol. The molecule has 0 atom stereocenters. The molecule has 0 aliphatic heterocycles. The van der Waals surface area contributed by atoms with Crippen LogP contribution in [0.25, 0.3) is 5.57 Å². The molecule has 4 heteroatoms. The smallest absolute Gasteiger partial charge is 0.407 e. The number of benzene rings is 1. The lowest BCUT2D eigenvalue weighted by molar-refractivity contribution is 0.172. The first-order valence-electron chi connectivity index (χ1n) is 4.44. The molecule has 0 saturated carbocycles. The van der Waals surface area contributed by atoms with E-state index in [1.165, 1.54) is 7.11 Å². The highest BCUT2D eigenvalue weighted by atomic mass is 19.1. The molecule has 0 aliphatic carbocycles. The van der Waals surface area contributed by atoms with E-state index < -0.39 is 6.09 Å². The van der Waals surface area contributed by atoms with Gasteiger partial charge in [-0.1, -0.05) is 30.3 Å². The zero-order chi connectivity index (χ0) is 11.1. The monoisotopic (exact) mass is 209 g/mol. The number of ether oxygens (including phenoxy) is 1. The molecular formula is C11H12FNO2. The number of carbonyl (C=O) groups excluding carboxylic acids is 1. The van der Waals surface area contributed by atoms with Gasteiger partial charge in [-0.3, -0.25) is 0 Å². The van der Waals surface area contributed by atoms with Crippen LogP contribution in [0.15, 0.2) is 36.7 Å². The van der Waals surface area contributed by atoms with Crippen molar-refractivity contribution >= 4 is 11.7 Å². The Morgan fingerprint density at radius 2 is 2.13 bits per heavy atom. The van der Waals surface area contributed by atoms with E-state index >= 15 is 0 Å². The number of hydrogen-bond donors (Lipinski definition) is 1. The first-order valence-corrected chi connectivity index (χ1v) is 4.44. The molecule has 0 radical (unpaired) electrons. The Hall–Kier alpha value is -1.84. The van der Waals surface area contributed by atoms with E-state index in [1.807, 2.05) is 6.07 Å². The molecule has 0 aromatic heterocycles. The van der Waals surface area contributed by atoms with Crippen molar-refractivity contribution in [2.75, 3.05) is 13.7 Å². The van der Waals surface area contributed by atoms with Gasteiger partial charge >= 0.3 is 6.09 Å². The highest BCUT2D eigenvalue weighted by Gasteiger charge is 2.03. The largest absolute Gasteiger partial charge is 0.453 e. The third-order valence-electron chi connectivity index (χ3n) is 1.88. The Kier molecular flexibility index (Phi) is 4.34. The molecular weight excluding hydrogens is 197 g/mol. The van der Waals surface area contributed by atoms with E-state index in [0.717, 1.165) is 5.56 Å². The van der Waals surface area contributed by atoms with Gasteiger partial charge in [0.05, 0.1) is 13.4 Å². The summed E-state index contributed by atoms with van der Waals surface area (Å²) in [7, 11) is 1.26. The lowest BCUT2D eigenvalue weighted by atomic mass is 10.1. The Morgan fingerprint density at radius 1 is 1.47 bits per heavy atom. The number of nitrogens with one attached hydrogen (secondary N) is 1. The first-order chi connectivity index (χ1) is 7.27. The number of alkyl carbamates (subject to hydrolysis) is 1. The summed E-state index contributed by atoms with van der Waals surface area (Å²) in [6.45, 7) is 0.104. The molecule has 0 heterocycles. The van der Waals surface area contributed by atoms with Crippen LogP contribution in [0.3, 0.4) is 0 Å². The van der Waals surface area contributed by atoms with E-state index in [-0.39, 0.29) is 6.54 Å². The summed E-state index contributed by atoms with van der Waals surface area (Å²) in [5, 5.41) is 2.41. The maximum absolute atomic E-state index is 12.5. The van der Waals surface area contributed by atoms with Crippen molar-refractivity contribution in [3.63, 3.8) is 0 Å². The minimum absolute atomic E-state index is 0.104. The van der Waals surface area contributed by atoms with E-state index in [1.54, 1.807) is 24.3 Å². The fourth-order valence-corrected chi connectivity index (χ4v) is 1.10. The highest BCUT2D eigenvalue weighted by Crippen LogP contribution is 2.12. The van der Waals surface area contributed by atoms with Gasteiger partial charge in [0.2, 0.25) is 0 Å². The fraction of sp³-hybridized carbons (Fsp3) is 0.182. The van der Waals surface area contributed by atoms with E-state index in [9.17, 15) is 9.18 Å². The third-order valence-corrected chi connectivity index (χ3v) is 1.88. The molecule has 0 fully saturated rings. The average Bonchev–Trinajstić information content (AvgIpc) is 2.31. The number of halogens is 1. The van der Waals surface area contributed by atoms with Gasteiger partial charge in [0.25, 0.3) is 0 Å². The molecule has 3 nitrogen and oxygen atoms in total. The Bertz CT molecular complexity index is 349. The predicted octanol–water partition coefficient (Wildman–Crippen LogP) is 2.35. The quantitative estimate of drug-likeness (QED) is 0.829. The molecule has 1 aromatic carbocycles. The van der Waals surface area contributed by atoms with Crippen LogP contribution in [0.2, 0.25) is 0 Å². The Labute approximate surface area is 87.6 Å². The third kappa shape index (κ3) is 3.42. The molecule has 0 aliphatic rings. The summed E-state index contributed by atoms with van der Waals surface area (Å²) < 4.78 is 16.9. The van der Waals surface area contributed by atoms with Gasteiger partial charge in [-0.25, -0.2) is 9.18 Å². The molecule has 0 spiro atoms. The Morgan fingerprint density at radius 3 is 2.67 bits per heavy atom. The normalized spacial score (nSPS) is 10.9. The molecule has 0 saturated heterocycles. The van der Waals surface area contributed by atoms with Crippen molar-refractivity contribution in [3.8, 4) is 0 Å². The lowest BCUT2D eigenvalue weighted by Gasteiger charge is -2.06. The number of hydrogen-bond acceptors (Lipinski definition) is 2. The van der Waals surface area contributed by atoms with Crippen LogP contribution in [-0.4, -0.2) is 19.7 Å². The van der Waals surface area contributed by atoms with Gasteiger partial charge in [0, 0.05) is 12.1 Å². The molecule has 0 bridgehead atoms. The second-order valence-electron chi connectivity index (χ2n) is 2.85. The minimum atomic E-state index is -0.578. The van der Waals surface area contributed by atoms with Crippen molar-refractivity contribution in [3.05, 3.63) is 42.2 Å². The topological polar surface area (TPSA) is 38.3 Å². The van der Waals surface area contributed by atoms with Gasteiger partial charge in [-0.05, 0) is 5.56 Å². The van der Waals surface area contributed by atoms with Crippen LogP contribution < -0.4 is 5.32 Å². The SMILES string of the molecule is COC(=O)NC/C(=C/F)c1ccccc1. The van der Waals surface area contributed by atoms with E-state index in [0.29, 0.717) is 11.9 Å². The van der Waals surface area contributed by atoms with Crippen LogP contribution in [0, 0.1) is 0 Å². The van der Waals surface area contributed by atoms with Crippen molar-refractivity contribution in [2.45, 2.75) is 0 Å². The van der Waals surface area contributed by atoms with Crippen LogP contribution in [0.4, 0.5) is 9.18 Å². The summed E-state index contributed by atoms with van der Waals surface area (Å²) in [6.07, 6.45) is -0.101. The fourth-order valence-electron chi connectivity index (χ4n) is 1.10. The molecule has 15 heavy (non-hydrogen) atoms. The molecule has 1 N–H and O–H groups in total. The van der Waals surface area contributed by atoms with E-state index in [2.05, 4.69) is 10.1 Å². The van der Waals surface area contributed by atoms with Gasteiger partial charge in [-0.2, -0.15) is 0 Å². The summed E-state index contributed by atoms with van der Waals surface area (Å²) >= 11 is 0. The standard InChI is InChI=1S/C11H12FNO2/c1-15-11(14)13-8-10(7-12)9-5-3-2-4-6-9/h2-7H,8H2,1H3,(H,13,14)/b10-7-. The zero-order valence-corrected chi connectivity index (χ0v) is 8.37. The van der Waals surface area contributed by atoms with E-state index in [4.69, 9.17) is 0 Å². The van der Waals surface area contributed by atoms with Crippen molar-refractivity contribution in [1.29, 1.82) is 0 Å².